The van der Waals surface area contributed by atoms with Crippen LogP contribution in [-0.2, 0) is 0 Å². The van der Waals surface area contributed by atoms with Crippen LogP contribution in [0.1, 0.15) is 32.0 Å². The Labute approximate surface area is 125 Å². The maximum Gasteiger partial charge on any atom is 0.214 e. The smallest absolute Gasteiger partial charge is 0.214 e. The molecule has 0 spiro atoms. The predicted octanol–water partition coefficient (Wildman–Crippen LogP) is 2.66. The van der Waals surface area contributed by atoms with Crippen LogP contribution in [0.4, 0.5) is 0 Å². The molecule has 1 heterocycles. The number of fused-ring (bicyclic) bond motifs is 4. The number of hydrogen-bond donors (Lipinski definition) is 2. The number of phenols is 1. The van der Waals surface area contributed by atoms with Crippen LogP contribution in [0.15, 0.2) is 36.4 Å². The molecule has 0 amide bonds. The maximum atomic E-state index is 12.8. The van der Waals surface area contributed by atoms with Crippen molar-refractivity contribution in [1.29, 1.82) is 0 Å². The Hall–Kier alpha value is -3.08. The Morgan fingerprint density at radius 3 is 2.64 bits per heavy atom. The van der Waals surface area contributed by atoms with Crippen LogP contribution >= 0.6 is 0 Å². The van der Waals surface area contributed by atoms with Crippen molar-refractivity contribution in [2.24, 2.45) is 0 Å². The highest BCUT2D eigenvalue weighted by Gasteiger charge is 2.35. The molecule has 5 heteroatoms. The molecule has 1 aromatic heterocycles. The van der Waals surface area contributed by atoms with Crippen molar-refractivity contribution in [2.75, 3.05) is 7.11 Å². The number of nitrogens with one attached hydrogen (secondary N) is 1. The zero-order chi connectivity index (χ0) is 15.4. The number of H-pyrrole nitrogens is 1. The Morgan fingerprint density at radius 2 is 1.86 bits per heavy atom. The van der Waals surface area contributed by atoms with Crippen LogP contribution in [0.5, 0.6) is 11.5 Å². The second-order valence-electron chi connectivity index (χ2n) is 5.15. The Morgan fingerprint density at radius 1 is 1.05 bits per heavy atom. The third-order valence-corrected chi connectivity index (χ3v) is 3.95. The second kappa shape index (κ2) is 4.21. The quantitative estimate of drug-likeness (QED) is 0.565. The highest BCUT2D eigenvalue weighted by atomic mass is 16.5. The molecule has 4 rings (SSSR count). The summed E-state index contributed by atoms with van der Waals surface area (Å²) in [5.74, 6) is -0.0535. The van der Waals surface area contributed by atoms with E-state index in [4.69, 9.17) is 4.74 Å². The van der Waals surface area contributed by atoms with Crippen LogP contribution in [0, 0.1) is 0 Å². The molecule has 0 saturated carbocycles. The largest absolute Gasteiger partial charge is 0.508 e. The number of carbonyl (C=O) groups excluding carboxylic acids is 2. The monoisotopic (exact) mass is 293 g/mol. The first-order chi connectivity index (χ1) is 10.6. The van der Waals surface area contributed by atoms with Gasteiger partial charge in [-0.25, -0.2) is 0 Å². The van der Waals surface area contributed by atoms with Gasteiger partial charge in [0.05, 0.1) is 29.4 Å². The molecule has 0 radical (unpaired) electrons. The number of aromatic nitrogens is 1. The molecule has 1 aliphatic rings. The van der Waals surface area contributed by atoms with Crippen molar-refractivity contribution in [1.82, 2.24) is 4.98 Å². The summed E-state index contributed by atoms with van der Waals surface area (Å²) in [6.07, 6.45) is 0. The molecule has 3 aromatic rings. The normalized spacial score (nSPS) is 13.1. The number of aromatic hydroxyl groups is 1. The molecule has 0 unspecified atom stereocenters. The third-order valence-electron chi connectivity index (χ3n) is 3.95. The van der Waals surface area contributed by atoms with E-state index in [1.165, 1.54) is 19.2 Å². The lowest BCUT2D eigenvalue weighted by Crippen LogP contribution is -2.21. The number of hydrogen-bond acceptors (Lipinski definition) is 4. The number of phenolic OH excluding ortho intramolecular Hbond substituents is 1. The Balaban J connectivity index is 2.08. The van der Waals surface area contributed by atoms with Gasteiger partial charge in [0, 0.05) is 17.0 Å². The fraction of sp³-hybridized carbons (Fsp3) is 0.0588. The summed E-state index contributed by atoms with van der Waals surface area (Å²) in [5.41, 5.74) is 1.76. The summed E-state index contributed by atoms with van der Waals surface area (Å²) in [6, 6.07) is 9.60. The van der Waals surface area contributed by atoms with Gasteiger partial charge in [0.25, 0.3) is 0 Å². The van der Waals surface area contributed by atoms with Crippen LogP contribution < -0.4 is 4.74 Å². The Kier molecular flexibility index (Phi) is 2.42. The standard InChI is InChI=1S/C17H11NO4/c1-22-12-4-2-3-10-13(12)17(21)15-14(16(10)20)9-6-5-8(19)7-11(9)18-15/h2-7,18-19H,1H3. The lowest BCUT2D eigenvalue weighted by molar-refractivity contribution is 0.0975. The number of aromatic amines is 1. The van der Waals surface area contributed by atoms with E-state index in [1.54, 1.807) is 24.3 Å². The van der Waals surface area contributed by atoms with E-state index in [-0.39, 0.29) is 28.6 Å². The van der Waals surface area contributed by atoms with Crippen LogP contribution in [-0.4, -0.2) is 28.8 Å². The van der Waals surface area contributed by atoms with E-state index in [0.717, 1.165) is 0 Å². The number of ether oxygens (including phenoxy) is 1. The Bertz CT molecular complexity index is 968. The minimum atomic E-state index is -0.280. The van der Waals surface area contributed by atoms with Gasteiger partial charge in [0.2, 0.25) is 5.78 Å². The molecule has 1 aliphatic carbocycles. The molecule has 0 saturated heterocycles. The number of methoxy groups -OCH3 is 1. The van der Waals surface area contributed by atoms with Crippen LogP contribution in [0.25, 0.3) is 10.9 Å². The van der Waals surface area contributed by atoms with Gasteiger partial charge in [-0.05, 0) is 18.2 Å². The van der Waals surface area contributed by atoms with Gasteiger partial charge in [-0.1, -0.05) is 12.1 Å². The van der Waals surface area contributed by atoms with E-state index in [1.807, 2.05) is 0 Å². The molecule has 0 aliphatic heterocycles. The topological polar surface area (TPSA) is 79.4 Å². The molecule has 22 heavy (non-hydrogen) atoms. The first-order valence-corrected chi connectivity index (χ1v) is 6.73. The van der Waals surface area contributed by atoms with Gasteiger partial charge in [-0.15, -0.1) is 0 Å². The molecule has 2 aromatic carbocycles. The summed E-state index contributed by atoms with van der Waals surface area (Å²) in [7, 11) is 1.46. The van der Waals surface area contributed by atoms with Crippen molar-refractivity contribution < 1.29 is 19.4 Å². The fourth-order valence-electron chi connectivity index (χ4n) is 2.98. The lowest BCUT2D eigenvalue weighted by Gasteiger charge is -2.17. The summed E-state index contributed by atoms with van der Waals surface area (Å²) in [5, 5.41) is 10.2. The van der Waals surface area contributed by atoms with E-state index in [2.05, 4.69) is 4.98 Å². The summed E-state index contributed by atoms with van der Waals surface area (Å²) in [6.45, 7) is 0. The zero-order valence-corrected chi connectivity index (χ0v) is 11.6. The summed E-state index contributed by atoms with van der Waals surface area (Å²) < 4.78 is 5.21. The van der Waals surface area contributed by atoms with Crippen LogP contribution in [0.2, 0.25) is 0 Å². The van der Waals surface area contributed by atoms with Gasteiger partial charge in [-0.3, -0.25) is 9.59 Å². The number of ketones is 2. The molecule has 0 atom stereocenters. The van der Waals surface area contributed by atoms with Crippen molar-refractivity contribution in [3.8, 4) is 11.5 Å². The SMILES string of the molecule is COc1cccc2c1C(=O)c1[nH]c3cc(O)ccc3c1C2=O. The number of benzene rings is 2. The molecule has 5 nitrogen and oxygen atoms in total. The average Bonchev–Trinajstić information content (AvgIpc) is 2.90. The fourth-order valence-corrected chi connectivity index (χ4v) is 2.98. The zero-order valence-electron chi connectivity index (χ0n) is 11.6. The molecule has 0 fully saturated rings. The van der Waals surface area contributed by atoms with Gasteiger partial charge >= 0.3 is 0 Å². The van der Waals surface area contributed by atoms with E-state index in [9.17, 15) is 14.7 Å². The minimum absolute atomic E-state index is 0.0705. The average molecular weight is 293 g/mol. The van der Waals surface area contributed by atoms with Crippen molar-refractivity contribution >= 4 is 22.5 Å². The third kappa shape index (κ3) is 1.47. The first-order valence-electron chi connectivity index (χ1n) is 6.73. The van der Waals surface area contributed by atoms with Gasteiger partial charge in [-0.2, -0.15) is 0 Å². The molecule has 0 bridgehead atoms. The van der Waals surface area contributed by atoms with Gasteiger partial charge in [0.1, 0.15) is 11.5 Å². The minimum Gasteiger partial charge on any atom is -0.508 e. The number of carbonyl (C=O) groups is 2. The second-order valence-corrected chi connectivity index (χ2v) is 5.15. The van der Waals surface area contributed by atoms with Crippen LogP contribution in [0.3, 0.4) is 0 Å². The maximum absolute atomic E-state index is 12.8. The van der Waals surface area contributed by atoms with Gasteiger partial charge < -0.3 is 14.8 Å². The molecular weight excluding hydrogens is 282 g/mol. The first kappa shape index (κ1) is 12.6. The van der Waals surface area contributed by atoms with E-state index < -0.39 is 0 Å². The van der Waals surface area contributed by atoms with Crippen molar-refractivity contribution in [2.45, 2.75) is 0 Å². The number of rotatable bonds is 1. The van der Waals surface area contributed by atoms with E-state index >= 15 is 0 Å². The highest BCUT2D eigenvalue weighted by Crippen LogP contribution is 2.36. The molecule has 108 valence electrons. The lowest BCUT2D eigenvalue weighted by atomic mass is 9.86. The van der Waals surface area contributed by atoms with E-state index in [0.29, 0.717) is 27.8 Å². The highest BCUT2D eigenvalue weighted by molar-refractivity contribution is 6.32. The summed E-state index contributed by atoms with van der Waals surface area (Å²) >= 11 is 0. The molecule has 2 N–H and O–H groups in total. The van der Waals surface area contributed by atoms with Crippen molar-refractivity contribution in [3.63, 3.8) is 0 Å². The van der Waals surface area contributed by atoms with Crippen molar-refractivity contribution in [3.05, 3.63) is 58.8 Å². The van der Waals surface area contributed by atoms with Gasteiger partial charge in [0.15, 0.2) is 5.78 Å². The molecular formula is C17H11NO4. The predicted molar refractivity (Wildman–Crippen MR) is 79.8 cm³/mol. The summed E-state index contributed by atoms with van der Waals surface area (Å²) in [4.78, 5) is 28.5.